The molecule has 0 saturated carbocycles. The van der Waals surface area contributed by atoms with Gasteiger partial charge >= 0.3 is 0 Å². The second kappa shape index (κ2) is 6.71. The van der Waals surface area contributed by atoms with Crippen molar-refractivity contribution in [2.45, 2.75) is 46.5 Å². The van der Waals surface area contributed by atoms with Gasteiger partial charge in [0.05, 0.1) is 0 Å². The van der Waals surface area contributed by atoms with Crippen LogP contribution in [0.4, 0.5) is 0 Å². The molecule has 0 fully saturated rings. The van der Waals surface area contributed by atoms with E-state index in [9.17, 15) is 0 Å². The zero-order valence-electron chi connectivity index (χ0n) is 9.32. The van der Waals surface area contributed by atoms with E-state index in [2.05, 4.69) is 33.9 Å². The van der Waals surface area contributed by atoms with Crippen molar-refractivity contribution in [2.24, 2.45) is 0 Å². The molecule has 0 saturated heterocycles. The van der Waals surface area contributed by atoms with Gasteiger partial charge < -0.3 is 0 Å². The highest BCUT2D eigenvalue weighted by molar-refractivity contribution is 5.16. The molecule has 0 nitrogen and oxygen atoms in total. The Bertz CT molecular complexity index is 206. The maximum atomic E-state index is 3.91. The van der Waals surface area contributed by atoms with Gasteiger partial charge in [0, 0.05) is 0 Å². The first-order valence-electron chi connectivity index (χ1n) is 5.07. The molecule has 0 N–H and O–H groups in total. The van der Waals surface area contributed by atoms with Gasteiger partial charge in [0.1, 0.15) is 0 Å². The van der Waals surface area contributed by atoms with Crippen molar-refractivity contribution in [3.05, 3.63) is 36.0 Å². The van der Waals surface area contributed by atoms with Gasteiger partial charge in [-0.1, -0.05) is 49.3 Å². The zero-order chi connectivity index (χ0) is 10.3. The molecule has 74 valence electrons. The Balaban J connectivity index is 3.97. The lowest BCUT2D eigenvalue weighted by molar-refractivity contribution is 0.852. The largest absolute Gasteiger partial charge is 0.0988 e. The third kappa shape index (κ3) is 5.46. The monoisotopic (exact) mass is 178 g/mol. The Labute approximate surface area is 83.0 Å². The van der Waals surface area contributed by atoms with Crippen LogP contribution in [0.1, 0.15) is 46.5 Å². The Morgan fingerprint density at radius 1 is 1.08 bits per heavy atom. The quantitative estimate of drug-likeness (QED) is 0.410. The summed E-state index contributed by atoms with van der Waals surface area (Å²) in [6.07, 6.45) is 6.51. The van der Waals surface area contributed by atoms with Crippen LogP contribution in [0.2, 0.25) is 0 Å². The van der Waals surface area contributed by atoms with Crippen molar-refractivity contribution in [1.82, 2.24) is 0 Å². The maximum Gasteiger partial charge on any atom is -0.0248 e. The predicted octanol–water partition coefficient (Wildman–Crippen LogP) is 4.65. The molecular weight excluding hydrogens is 156 g/mol. The maximum absolute atomic E-state index is 3.91. The zero-order valence-corrected chi connectivity index (χ0v) is 9.32. The minimum absolute atomic E-state index is 1.05. The number of hydrogen-bond donors (Lipinski definition) is 0. The summed E-state index contributed by atoms with van der Waals surface area (Å²) in [4.78, 5) is 0. The summed E-state index contributed by atoms with van der Waals surface area (Å²) >= 11 is 0. The van der Waals surface area contributed by atoms with E-state index in [1.165, 1.54) is 18.4 Å². The SMILES string of the molecule is C=CC(=C)CC/C(C)=C(\C)CCC. The van der Waals surface area contributed by atoms with E-state index in [1.807, 2.05) is 6.08 Å². The van der Waals surface area contributed by atoms with Gasteiger partial charge in [0.2, 0.25) is 0 Å². The van der Waals surface area contributed by atoms with Gasteiger partial charge in [-0.2, -0.15) is 0 Å². The second-order valence-corrected chi connectivity index (χ2v) is 3.67. The fraction of sp³-hybridized carbons (Fsp3) is 0.538. The summed E-state index contributed by atoms with van der Waals surface area (Å²) < 4.78 is 0. The van der Waals surface area contributed by atoms with E-state index in [0.29, 0.717) is 0 Å². The van der Waals surface area contributed by atoms with E-state index < -0.39 is 0 Å². The molecule has 0 aliphatic rings. The van der Waals surface area contributed by atoms with Gasteiger partial charge in [0.25, 0.3) is 0 Å². The minimum atomic E-state index is 1.05. The summed E-state index contributed by atoms with van der Waals surface area (Å²) in [6, 6.07) is 0. The van der Waals surface area contributed by atoms with Crippen molar-refractivity contribution in [2.75, 3.05) is 0 Å². The van der Waals surface area contributed by atoms with Crippen LogP contribution >= 0.6 is 0 Å². The van der Waals surface area contributed by atoms with Crippen molar-refractivity contribution in [3.63, 3.8) is 0 Å². The van der Waals surface area contributed by atoms with Crippen LogP contribution in [0, 0.1) is 0 Å². The molecule has 0 rings (SSSR count). The van der Waals surface area contributed by atoms with Crippen molar-refractivity contribution < 1.29 is 0 Å². The summed E-state index contributed by atoms with van der Waals surface area (Å²) in [5, 5.41) is 0. The summed E-state index contributed by atoms with van der Waals surface area (Å²) in [5.74, 6) is 0. The molecule has 0 aliphatic carbocycles. The molecule has 0 aromatic heterocycles. The number of hydrogen-bond acceptors (Lipinski definition) is 0. The summed E-state index contributed by atoms with van der Waals surface area (Å²) in [6.45, 7) is 14.3. The standard InChI is InChI=1S/C13H22/c1-6-8-12(4)13(5)10-9-11(3)7-2/h7H,2-3,6,8-10H2,1,4-5H3/b13-12+. The lowest BCUT2D eigenvalue weighted by Gasteiger charge is -2.06. The summed E-state index contributed by atoms with van der Waals surface area (Å²) in [7, 11) is 0. The molecule has 0 heterocycles. The molecule has 0 heteroatoms. The molecule has 0 spiro atoms. The third-order valence-electron chi connectivity index (χ3n) is 2.46. The third-order valence-corrected chi connectivity index (χ3v) is 2.46. The van der Waals surface area contributed by atoms with E-state index >= 15 is 0 Å². The lowest BCUT2D eigenvalue weighted by atomic mass is 10.0. The van der Waals surface area contributed by atoms with Crippen LogP contribution < -0.4 is 0 Å². The van der Waals surface area contributed by atoms with E-state index in [-0.39, 0.29) is 0 Å². The van der Waals surface area contributed by atoms with E-state index in [4.69, 9.17) is 0 Å². The molecule has 0 aliphatic heterocycles. The highest BCUT2D eigenvalue weighted by Gasteiger charge is 1.97. The molecule has 0 aromatic rings. The topological polar surface area (TPSA) is 0 Å². The van der Waals surface area contributed by atoms with Gasteiger partial charge in [-0.15, -0.1) is 0 Å². The molecule has 0 aromatic carbocycles. The minimum Gasteiger partial charge on any atom is -0.0988 e. The molecule has 0 radical (unpaired) electrons. The number of rotatable bonds is 6. The molecule has 0 atom stereocenters. The first kappa shape index (κ1) is 12.2. The fourth-order valence-corrected chi connectivity index (χ4v) is 1.25. The molecule has 0 amide bonds. The average Bonchev–Trinajstić information content (AvgIpc) is 2.13. The van der Waals surface area contributed by atoms with Crippen LogP contribution in [0.15, 0.2) is 36.0 Å². The van der Waals surface area contributed by atoms with Crippen molar-refractivity contribution in [1.29, 1.82) is 0 Å². The van der Waals surface area contributed by atoms with Gasteiger partial charge in [-0.05, 0) is 33.1 Å². The van der Waals surface area contributed by atoms with Crippen molar-refractivity contribution in [3.8, 4) is 0 Å². The first-order valence-corrected chi connectivity index (χ1v) is 5.07. The molecule has 0 bridgehead atoms. The highest BCUT2D eigenvalue weighted by Crippen LogP contribution is 2.17. The smallest absolute Gasteiger partial charge is 0.0248 e. The lowest BCUT2D eigenvalue weighted by Crippen LogP contribution is -1.86. The van der Waals surface area contributed by atoms with E-state index in [0.717, 1.165) is 18.4 Å². The van der Waals surface area contributed by atoms with Crippen LogP contribution in [0.5, 0.6) is 0 Å². The van der Waals surface area contributed by atoms with E-state index in [1.54, 1.807) is 5.57 Å². The average molecular weight is 178 g/mol. The Kier molecular flexibility index (Phi) is 6.30. The predicted molar refractivity (Wildman–Crippen MR) is 61.9 cm³/mol. The van der Waals surface area contributed by atoms with Crippen molar-refractivity contribution >= 4 is 0 Å². The summed E-state index contributed by atoms with van der Waals surface area (Å²) in [5.41, 5.74) is 4.20. The highest BCUT2D eigenvalue weighted by atomic mass is 14.0. The van der Waals surface area contributed by atoms with Crippen LogP contribution in [0.25, 0.3) is 0 Å². The van der Waals surface area contributed by atoms with Crippen LogP contribution in [0.3, 0.4) is 0 Å². The van der Waals surface area contributed by atoms with Gasteiger partial charge in [-0.3, -0.25) is 0 Å². The van der Waals surface area contributed by atoms with Crippen LogP contribution in [-0.4, -0.2) is 0 Å². The Morgan fingerprint density at radius 3 is 2.08 bits per heavy atom. The first-order chi connectivity index (χ1) is 6.11. The number of allylic oxidation sites excluding steroid dienone is 4. The second-order valence-electron chi connectivity index (χ2n) is 3.67. The Morgan fingerprint density at radius 2 is 1.62 bits per heavy atom. The molecule has 0 unspecified atom stereocenters. The van der Waals surface area contributed by atoms with Gasteiger partial charge in [0.15, 0.2) is 0 Å². The fourth-order valence-electron chi connectivity index (χ4n) is 1.25. The molecule has 13 heavy (non-hydrogen) atoms. The molecular formula is C13H22. The Hall–Kier alpha value is -0.780. The van der Waals surface area contributed by atoms with Gasteiger partial charge in [-0.25, -0.2) is 0 Å². The van der Waals surface area contributed by atoms with Crippen LogP contribution in [-0.2, 0) is 0 Å². The normalized spacial score (nSPS) is 12.2.